The van der Waals surface area contributed by atoms with Crippen molar-refractivity contribution in [1.29, 1.82) is 0 Å². The van der Waals surface area contributed by atoms with E-state index in [2.05, 4.69) is 39.2 Å². The molecule has 7 nitrogen and oxygen atoms in total. The maximum atomic E-state index is 12.0. The largest absolute Gasteiger partial charge is 0.357 e. The molecule has 0 saturated carbocycles. The van der Waals surface area contributed by atoms with Gasteiger partial charge in [0.1, 0.15) is 0 Å². The van der Waals surface area contributed by atoms with E-state index in [0.717, 1.165) is 51.8 Å². The number of carbonyl (C=O) groups is 1. The van der Waals surface area contributed by atoms with Crippen LogP contribution in [0.4, 0.5) is 0 Å². The second-order valence-corrected chi connectivity index (χ2v) is 7.96. The van der Waals surface area contributed by atoms with Crippen LogP contribution in [0.15, 0.2) is 4.99 Å². The minimum Gasteiger partial charge on any atom is -0.357 e. The quantitative estimate of drug-likeness (QED) is 0.311. The molecule has 0 aromatic rings. The third kappa shape index (κ3) is 8.41. The van der Waals surface area contributed by atoms with Crippen molar-refractivity contribution in [1.82, 2.24) is 25.3 Å². The second kappa shape index (κ2) is 13.6. The Labute approximate surface area is 188 Å². The van der Waals surface area contributed by atoms with E-state index in [4.69, 9.17) is 4.99 Å². The number of halogens is 1. The molecule has 0 spiro atoms. The van der Waals surface area contributed by atoms with Crippen molar-refractivity contribution in [3.8, 4) is 0 Å². The second-order valence-electron chi connectivity index (χ2n) is 7.96. The Hall–Kier alpha value is -0.610. The Kier molecular flexibility index (Phi) is 12.3. The van der Waals surface area contributed by atoms with E-state index >= 15 is 0 Å². The zero-order valence-corrected chi connectivity index (χ0v) is 20.6. The lowest BCUT2D eigenvalue weighted by molar-refractivity contribution is -0.123. The first-order chi connectivity index (χ1) is 13.0. The standard InChI is InChI=1S/C20H40N6O.HI/c1-5-21-20(22-15-18-9-7-8-10-25(18)6-2)26-13-11-24(12-14-26)16-19(27)23-17(3)4;/h17-18H,5-16H2,1-4H3,(H,21,22)(H,23,27);1H. The van der Waals surface area contributed by atoms with Gasteiger partial charge in [-0.3, -0.25) is 19.6 Å². The van der Waals surface area contributed by atoms with Gasteiger partial charge in [-0.05, 0) is 46.7 Å². The smallest absolute Gasteiger partial charge is 0.234 e. The molecule has 2 fully saturated rings. The van der Waals surface area contributed by atoms with Gasteiger partial charge in [0.15, 0.2) is 5.96 Å². The molecule has 2 rings (SSSR count). The van der Waals surface area contributed by atoms with E-state index in [1.165, 1.54) is 25.8 Å². The Morgan fingerprint density at radius 3 is 2.43 bits per heavy atom. The van der Waals surface area contributed by atoms with Gasteiger partial charge in [-0.2, -0.15) is 0 Å². The summed E-state index contributed by atoms with van der Waals surface area (Å²) in [4.78, 5) is 24.1. The highest BCUT2D eigenvalue weighted by Crippen LogP contribution is 2.17. The number of amides is 1. The first kappa shape index (κ1) is 25.4. The Morgan fingerprint density at radius 1 is 1.11 bits per heavy atom. The van der Waals surface area contributed by atoms with Crippen molar-refractivity contribution in [2.75, 3.05) is 58.9 Å². The third-order valence-electron chi connectivity index (χ3n) is 5.43. The molecule has 0 bridgehead atoms. The average molecular weight is 508 g/mol. The van der Waals surface area contributed by atoms with Crippen LogP contribution in [0, 0.1) is 0 Å². The molecule has 8 heteroatoms. The summed E-state index contributed by atoms with van der Waals surface area (Å²) in [5.74, 6) is 1.15. The number of nitrogens with zero attached hydrogens (tertiary/aromatic N) is 4. The molecule has 2 N–H and O–H groups in total. The first-order valence-electron chi connectivity index (χ1n) is 10.8. The normalized spacial score (nSPS) is 22.1. The van der Waals surface area contributed by atoms with Crippen molar-refractivity contribution < 1.29 is 4.79 Å². The van der Waals surface area contributed by atoms with Crippen molar-refractivity contribution in [2.45, 2.75) is 59.0 Å². The SMILES string of the molecule is CCNC(=NCC1CCCCN1CC)N1CCN(CC(=O)NC(C)C)CC1.I. The number of rotatable bonds is 7. The van der Waals surface area contributed by atoms with Crippen molar-refractivity contribution in [3.63, 3.8) is 0 Å². The van der Waals surface area contributed by atoms with Gasteiger partial charge in [-0.25, -0.2) is 0 Å². The molecular formula is C20H41IN6O. The molecule has 1 unspecified atom stereocenters. The first-order valence-corrected chi connectivity index (χ1v) is 10.8. The van der Waals surface area contributed by atoms with Crippen molar-refractivity contribution in [2.24, 2.45) is 4.99 Å². The van der Waals surface area contributed by atoms with Gasteiger partial charge >= 0.3 is 0 Å². The van der Waals surface area contributed by atoms with Gasteiger partial charge in [-0.15, -0.1) is 24.0 Å². The van der Waals surface area contributed by atoms with Crippen LogP contribution in [0.25, 0.3) is 0 Å². The predicted molar refractivity (Wildman–Crippen MR) is 128 cm³/mol. The van der Waals surface area contributed by atoms with Crippen LogP contribution < -0.4 is 10.6 Å². The highest BCUT2D eigenvalue weighted by Gasteiger charge is 2.23. The van der Waals surface area contributed by atoms with E-state index < -0.39 is 0 Å². The van der Waals surface area contributed by atoms with Gasteiger partial charge in [0.25, 0.3) is 0 Å². The number of hydrogen-bond donors (Lipinski definition) is 2. The lowest BCUT2D eigenvalue weighted by Gasteiger charge is -2.37. The average Bonchev–Trinajstić information content (AvgIpc) is 2.65. The molecule has 1 atom stereocenters. The van der Waals surface area contributed by atoms with E-state index in [-0.39, 0.29) is 35.9 Å². The monoisotopic (exact) mass is 508 g/mol. The molecule has 1 amide bonds. The summed E-state index contributed by atoms with van der Waals surface area (Å²) in [6.45, 7) is 16.6. The molecule has 2 heterocycles. The molecule has 164 valence electrons. The number of nitrogens with one attached hydrogen (secondary N) is 2. The van der Waals surface area contributed by atoms with Gasteiger partial charge in [0.2, 0.25) is 5.91 Å². The number of guanidine groups is 1. The van der Waals surface area contributed by atoms with E-state index in [1.54, 1.807) is 0 Å². The van der Waals surface area contributed by atoms with Crippen LogP contribution in [-0.4, -0.2) is 97.6 Å². The fourth-order valence-corrected chi connectivity index (χ4v) is 3.99. The van der Waals surface area contributed by atoms with Crippen LogP contribution >= 0.6 is 24.0 Å². The summed E-state index contributed by atoms with van der Waals surface area (Å²) >= 11 is 0. The lowest BCUT2D eigenvalue weighted by atomic mass is 10.0. The number of piperidine rings is 1. The topological polar surface area (TPSA) is 63.2 Å². The number of piperazine rings is 1. The summed E-state index contributed by atoms with van der Waals surface area (Å²) in [5, 5.41) is 6.44. The van der Waals surface area contributed by atoms with Gasteiger partial charge in [0, 0.05) is 44.8 Å². The summed E-state index contributed by atoms with van der Waals surface area (Å²) < 4.78 is 0. The number of aliphatic imine (C=N–C) groups is 1. The van der Waals surface area contributed by atoms with Gasteiger partial charge in [0.05, 0.1) is 13.1 Å². The summed E-state index contributed by atoms with van der Waals surface area (Å²) in [7, 11) is 0. The van der Waals surface area contributed by atoms with Crippen LogP contribution in [-0.2, 0) is 4.79 Å². The molecule has 2 saturated heterocycles. The Morgan fingerprint density at radius 2 is 1.82 bits per heavy atom. The maximum absolute atomic E-state index is 12.0. The number of likely N-dealkylation sites (N-methyl/N-ethyl adjacent to an activating group) is 1. The van der Waals surface area contributed by atoms with E-state index in [0.29, 0.717) is 12.6 Å². The van der Waals surface area contributed by atoms with Crippen LogP contribution in [0.5, 0.6) is 0 Å². The molecule has 0 aromatic heterocycles. The zero-order chi connectivity index (χ0) is 19.6. The molecule has 0 aliphatic carbocycles. The van der Waals surface area contributed by atoms with Crippen LogP contribution in [0.1, 0.15) is 47.0 Å². The van der Waals surface area contributed by atoms with Gasteiger partial charge in [-0.1, -0.05) is 13.3 Å². The molecule has 0 radical (unpaired) electrons. The fraction of sp³-hybridized carbons (Fsp3) is 0.900. The highest BCUT2D eigenvalue weighted by molar-refractivity contribution is 14.0. The van der Waals surface area contributed by atoms with Gasteiger partial charge < -0.3 is 15.5 Å². The molecule has 0 aromatic carbocycles. The molecular weight excluding hydrogens is 467 g/mol. The third-order valence-corrected chi connectivity index (χ3v) is 5.43. The Bertz CT molecular complexity index is 479. The zero-order valence-electron chi connectivity index (χ0n) is 18.2. The van der Waals surface area contributed by atoms with Crippen molar-refractivity contribution in [3.05, 3.63) is 0 Å². The van der Waals surface area contributed by atoms with Crippen LogP contribution in [0.2, 0.25) is 0 Å². The fourth-order valence-electron chi connectivity index (χ4n) is 3.99. The molecule has 28 heavy (non-hydrogen) atoms. The number of carbonyl (C=O) groups excluding carboxylic acids is 1. The Balaban J connectivity index is 0.00000392. The van der Waals surface area contributed by atoms with E-state index in [9.17, 15) is 4.79 Å². The molecule has 2 aliphatic heterocycles. The summed E-state index contributed by atoms with van der Waals surface area (Å²) in [6.07, 6.45) is 3.90. The minimum absolute atomic E-state index is 0. The highest BCUT2D eigenvalue weighted by atomic mass is 127. The van der Waals surface area contributed by atoms with Crippen LogP contribution in [0.3, 0.4) is 0 Å². The lowest BCUT2D eigenvalue weighted by Crippen LogP contribution is -2.54. The summed E-state index contributed by atoms with van der Waals surface area (Å²) in [5.41, 5.74) is 0. The minimum atomic E-state index is 0. The summed E-state index contributed by atoms with van der Waals surface area (Å²) in [6, 6.07) is 0.784. The maximum Gasteiger partial charge on any atom is 0.234 e. The van der Waals surface area contributed by atoms with E-state index in [1.807, 2.05) is 13.8 Å². The number of likely N-dealkylation sites (tertiary alicyclic amines) is 1. The van der Waals surface area contributed by atoms with Crippen molar-refractivity contribution >= 4 is 35.8 Å². The number of hydrogen-bond acceptors (Lipinski definition) is 4. The predicted octanol–water partition coefficient (Wildman–Crippen LogP) is 1.59. The molecule has 2 aliphatic rings.